The van der Waals surface area contributed by atoms with Gasteiger partial charge in [0.15, 0.2) is 5.65 Å². The Bertz CT molecular complexity index is 1180. The van der Waals surface area contributed by atoms with Gasteiger partial charge in [-0.05, 0) is 29.8 Å². The molecule has 0 fully saturated rings. The Hall–Kier alpha value is -3.54. The molecule has 0 spiro atoms. The van der Waals surface area contributed by atoms with E-state index in [2.05, 4.69) is 22.2 Å². The van der Waals surface area contributed by atoms with Gasteiger partial charge in [-0.25, -0.2) is 9.97 Å². The summed E-state index contributed by atoms with van der Waals surface area (Å²) < 4.78 is 1.78. The van der Waals surface area contributed by atoms with Crippen LogP contribution in [0.4, 0.5) is 0 Å². The van der Waals surface area contributed by atoms with Gasteiger partial charge in [0.25, 0.3) is 5.91 Å². The van der Waals surface area contributed by atoms with Gasteiger partial charge in [0.2, 0.25) is 0 Å². The van der Waals surface area contributed by atoms with Crippen LogP contribution in [-0.4, -0.2) is 37.1 Å². The zero-order valence-corrected chi connectivity index (χ0v) is 15.5. The smallest absolute Gasteiger partial charge is 0.254 e. The molecule has 5 rings (SSSR count). The predicted octanol–water partition coefficient (Wildman–Crippen LogP) is 3.23. The second kappa shape index (κ2) is 6.56. The number of fused-ring (bicyclic) bond motifs is 2. The lowest BCUT2D eigenvalue weighted by molar-refractivity contribution is 0.0733. The van der Waals surface area contributed by atoms with Crippen LogP contribution in [-0.2, 0) is 20.0 Å². The molecule has 1 aliphatic rings. The summed E-state index contributed by atoms with van der Waals surface area (Å²) in [6, 6.07) is 13.6. The summed E-state index contributed by atoms with van der Waals surface area (Å²) in [6.07, 6.45) is 6.38. The van der Waals surface area contributed by atoms with Gasteiger partial charge < -0.3 is 4.90 Å². The first kappa shape index (κ1) is 16.6. The minimum atomic E-state index is 0.0635. The number of pyridine rings is 2. The Morgan fingerprint density at radius 1 is 1.07 bits per heavy atom. The quantitative estimate of drug-likeness (QED) is 0.544. The molecule has 0 saturated heterocycles. The van der Waals surface area contributed by atoms with Crippen LogP contribution in [0.1, 0.15) is 21.6 Å². The van der Waals surface area contributed by atoms with Gasteiger partial charge in [-0.3, -0.25) is 9.48 Å². The lowest BCUT2D eigenvalue weighted by Gasteiger charge is -2.28. The zero-order chi connectivity index (χ0) is 19.1. The van der Waals surface area contributed by atoms with E-state index in [4.69, 9.17) is 4.98 Å². The van der Waals surface area contributed by atoms with E-state index >= 15 is 0 Å². The van der Waals surface area contributed by atoms with Crippen LogP contribution in [0.3, 0.4) is 0 Å². The van der Waals surface area contributed by atoms with Crippen LogP contribution in [0.15, 0.2) is 61.1 Å². The number of hydrogen-bond donors (Lipinski definition) is 0. The van der Waals surface area contributed by atoms with Gasteiger partial charge in [-0.1, -0.05) is 18.2 Å². The molecule has 6 heteroatoms. The van der Waals surface area contributed by atoms with Gasteiger partial charge in [0, 0.05) is 66.7 Å². The zero-order valence-electron chi connectivity index (χ0n) is 15.5. The normalized spacial score (nSPS) is 13.5. The summed E-state index contributed by atoms with van der Waals surface area (Å²) >= 11 is 0. The third-order valence-electron chi connectivity index (χ3n) is 5.16. The average Bonchev–Trinajstić information content (AvgIpc) is 3.18. The fraction of sp³-hybridized carbons (Fsp3) is 0.182. The highest BCUT2D eigenvalue weighted by molar-refractivity contribution is 5.94. The van der Waals surface area contributed by atoms with E-state index in [9.17, 15) is 4.79 Å². The first-order valence-corrected chi connectivity index (χ1v) is 9.29. The molecule has 0 bridgehead atoms. The molecule has 4 aromatic rings. The third kappa shape index (κ3) is 2.93. The molecule has 3 aromatic heterocycles. The monoisotopic (exact) mass is 369 g/mol. The molecular weight excluding hydrogens is 350 g/mol. The Kier molecular flexibility index (Phi) is 3.90. The molecule has 0 aliphatic carbocycles. The fourth-order valence-corrected chi connectivity index (χ4v) is 3.69. The van der Waals surface area contributed by atoms with Gasteiger partial charge in [-0.15, -0.1) is 0 Å². The molecule has 4 heterocycles. The van der Waals surface area contributed by atoms with Crippen LogP contribution in [0.5, 0.6) is 0 Å². The summed E-state index contributed by atoms with van der Waals surface area (Å²) in [4.78, 5) is 24.0. The van der Waals surface area contributed by atoms with E-state index < -0.39 is 0 Å². The third-order valence-corrected chi connectivity index (χ3v) is 5.16. The Balaban J connectivity index is 1.48. The van der Waals surface area contributed by atoms with Crippen LogP contribution >= 0.6 is 0 Å². The van der Waals surface area contributed by atoms with E-state index in [0.29, 0.717) is 13.1 Å². The SMILES string of the molecule is Cn1cc(-c2cnc3nc4c(cc3c2)CN(C(=O)c2ccccc2)CC4)cn1. The molecule has 0 N–H and O–H groups in total. The molecule has 1 aromatic carbocycles. The van der Waals surface area contributed by atoms with Gasteiger partial charge in [0.05, 0.1) is 6.20 Å². The molecule has 1 amide bonds. The van der Waals surface area contributed by atoms with Crippen LogP contribution in [0.2, 0.25) is 0 Å². The summed E-state index contributed by atoms with van der Waals surface area (Å²) in [5, 5.41) is 5.21. The second-order valence-electron chi connectivity index (χ2n) is 7.11. The van der Waals surface area contributed by atoms with Gasteiger partial charge >= 0.3 is 0 Å². The molecule has 28 heavy (non-hydrogen) atoms. The second-order valence-corrected chi connectivity index (χ2v) is 7.11. The van der Waals surface area contributed by atoms with Crippen molar-refractivity contribution in [2.75, 3.05) is 6.54 Å². The number of hydrogen-bond acceptors (Lipinski definition) is 4. The first-order valence-electron chi connectivity index (χ1n) is 9.29. The van der Waals surface area contributed by atoms with E-state index in [0.717, 1.165) is 45.4 Å². The maximum absolute atomic E-state index is 12.8. The Labute approximate surface area is 162 Å². The van der Waals surface area contributed by atoms with Crippen LogP contribution < -0.4 is 0 Å². The van der Waals surface area contributed by atoms with Gasteiger partial charge in [0.1, 0.15) is 0 Å². The highest BCUT2D eigenvalue weighted by Gasteiger charge is 2.23. The largest absolute Gasteiger partial charge is 0.334 e. The van der Waals surface area contributed by atoms with E-state index in [1.807, 2.05) is 60.9 Å². The highest BCUT2D eigenvalue weighted by Crippen LogP contribution is 2.26. The van der Waals surface area contributed by atoms with Crippen LogP contribution in [0, 0.1) is 0 Å². The Morgan fingerprint density at radius 3 is 2.71 bits per heavy atom. The average molecular weight is 369 g/mol. The Morgan fingerprint density at radius 2 is 1.93 bits per heavy atom. The van der Waals surface area contributed by atoms with E-state index in [-0.39, 0.29) is 5.91 Å². The topological polar surface area (TPSA) is 63.9 Å². The molecule has 0 atom stereocenters. The number of benzene rings is 1. The number of carbonyl (C=O) groups excluding carboxylic acids is 1. The summed E-state index contributed by atoms with van der Waals surface area (Å²) in [5.41, 5.74) is 5.62. The minimum Gasteiger partial charge on any atom is -0.334 e. The van der Waals surface area contributed by atoms with Crippen LogP contribution in [0.25, 0.3) is 22.2 Å². The molecule has 1 aliphatic heterocycles. The summed E-state index contributed by atoms with van der Waals surface area (Å²) in [5.74, 6) is 0.0635. The lowest BCUT2D eigenvalue weighted by atomic mass is 10.0. The molecule has 0 unspecified atom stereocenters. The molecule has 138 valence electrons. The number of carbonyl (C=O) groups is 1. The number of rotatable bonds is 2. The minimum absolute atomic E-state index is 0.0635. The van der Waals surface area contributed by atoms with E-state index in [1.54, 1.807) is 4.68 Å². The highest BCUT2D eigenvalue weighted by atomic mass is 16.2. The maximum Gasteiger partial charge on any atom is 0.254 e. The first-order chi connectivity index (χ1) is 13.7. The van der Waals surface area contributed by atoms with Crippen molar-refractivity contribution >= 4 is 16.9 Å². The van der Waals surface area contributed by atoms with Crippen molar-refractivity contribution < 1.29 is 4.79 Å². The summed E-state index contributed by atoms with van der Waals surface area (Å²) in [6.45, 7) is 1.25. The predicted molar refractivity (Wildman–Crippen MR) is 107 cm³/mol. The molecule has 0 radical (unpaired) electrons. The van der Waals surface area contributed by atoms with Crippen molar-refractivity contribution in [3.63, 3.8) is 0 Å². The summed E-state index contributed by atoms with van der Waals surface area (Å²) in [7, 11) is 1.90. The number of nitrogens with zero attached hydrogens (tertiary/aromatic N) is 5. The fourth-order valence-electron chi connectivity index (χ4n) is 3.69. The van der Waals surface area contributed by atoms with Crippen molar-refractivity contribution in [1.82, 2.24) is 24.6 Å². The molecular formula is C22H19N5O. The standard InChI is InChI=1S/C22H19N5O/c1-26-13-19(12-24-26)17-9-16-10-18-14-27(22(28)15-5-3-2-4-6-15)8-7-20(18)25-21(16)23-11-17/h2-6,9-13H,7-8,14H2,1H3. The number of aromatic nitrogens is 4. The van der Waals surface area contributed by atoms with Crippen molar-refractivity contribution in [3.05, 3.63) is 77.9 Å². The molecule has 0 saturated carbocycles. The van der Waals surface area contributed by atoms with E-state index in [1.165, 1.54) is 0 Å². The lowest BCUT2D eigenvalue weighted by Crippen LogP contribution is -2.36. The number of aryl methyl sites for hydroxylation is 1. The number of amides is 1. The van der Waals surface area contributed by atoms with Gasteiger partial charge in [-0.2, -0.15) is 5.10 Å². The maximum atomic E-state index is 12.8. The van der Waals surface area contributed by atoms with Crippen molar-refractivity contribution in [2.45, 2.75) is 13.0 Å². The van der Waals surface area contributed by atoms with Crippen molar-refractivity contribution in [2.24, 2.45) is 7.05 Å². The van der Waals surface area contributed by atoms with Crippen molar-refractivity contribution in [3.8, 4) is 11.1 Å². The van der Waals surface area contributed by atoms with Crippen molar-refractivity contribution in [1.29, 1.82) is 0 Å². The molecule has 6 nitrogen and oxygen atoms in total.